The first kappa shape index (κ1) is 23.2. The second kappa shape index (κ2) is 9.36. The summed E-state index contributed by atoms with van der Waals surface area (Å²) in [6.07, 6.45) is -0.379. The molecule has 1 aliphatic rings. The monoisotopic (exact) mass is 466 g/mol. The first-order chi connectivity index (χ1) is 15.1. The number of nitrogens with two attached hydrogens (primary N) is 1. The molecule has 4 N–H and O–H groups in total. The van der Waals surface area contributed by atoms with Crippen molar-refractivity contribution in [1.82, 2.24) is 14.8 Å². The Hall–Kier alpha value is -3.45. The highest BCUT2D eigenvalue weighted by Crippen LogP contribution is 2.28. The maximum Gasteiger partial charge on any atom is 0.303 e. The number of nitrogens with zero attached hydrogens (tertiary/aromatic N) is 2. The number of amides is 2. The molecule has 0 bridgehead atoms. The first-order valence-corrected chi connectivity index (χ1v) is 11.0. The van der Waals surface area contributed by atoms with E-state index in [0.717, 1.165) is 0 Å². The number of fused-ring (bicyclic) bond motifs is 1. The number of ether oxygens (including phenoxy) is 1. The van der Waals surface area contributed by atoms with Gasteiger partial charge < -0.3 is 25.4 Å². The average molecular weight is 466 g/mol. The SMILES string of the molecule is COc1ccc(S(=O)(=O)N2CCc3onc(C(=O)NC(CCC(=O)O)C(N)=O)c3C2)cc1. The molecule has 0 saturated carbocycles. The molecule has 172 valence electrons. The molecule has 1 aromatic carbocycles. The summed E-state index contributed by atoms with van der Waals surface area (Å²) >= 11 is 0. The van der Waals surface area contributed by atoms with Crippen molar-refractivity contribution in [1.29, 1.82) is 0 Å². The smallest absolute Gasteiger partial charge is 0.303 e. The van der Waals surface area contributed by atoms with Gasteiger partial charge in [-0.25, -0.2) is 8.42 Å². The van der Waals surface area contributed by atoms with Crippen molar-refractivity contribution in [2.75, 3.05) is 13.7 Å². The summed E-state index contributed by atoms with van der Waals surface area (Å²) in [6, 6.07) is 4.67. The third kappa shape index (κ3) is 4.89. The van der Waals surface area contributed by atoms with Gasteiger partial charge in [-0.15, -0.1) is 0 Å². The van der Waals surface area contributed by atoms with Crippen molar-refractivity contribution in [2.24, 2.45) is 5.73 Å². The lowest BCUT2D eigenvalue weighted by molar-refractivity contribution is -0.137. The zero-order valence-corrected chi connectivity index (χ0v) is 17.9. The molecule has 2 aromatic rings. The number of hydrogen-bond acceptors (Lipinski definition) is 8. The molecule has 0 saturated heterocycles. The van der Waals surface area contributed by atoms with Gasteiger partial charge in [0.05, 0.1) is 12.0 Å². The summed E-state index contributed by atoms with van der Waals surface area (Å²) in [5.74, 6) is -2.00. The number of primary amides is 1. The van der Waals surface area contributed by atoms with E-state index in [9.17, 15) is 22.8 Å². The van der Waals surface area contributed by atoms with Gasteiger partial charge >= 0.3 is 5.97 Å². The molecule has 2 amide bonds. The topological polar surface area (TPSA) is 182 Å². The standard InChI is InChI=1S/C19H22N4O8S/c1-30-11-2-4-12(5-3-11)32(28,29)23-9-8-15-13(10-23)17(22-31-15)19(27)21-14(18(20)26)6-7-16(24)25/h2-5,14H,6-10H2,1H3,(H2,20,26)(H,21,27)(H,24,25). The fourth-order valence-corrected chi connectivity index (χ4v) is 4.65. The van der Waals surface area contributed by atoms with Crippen LogP contribution in [0.15, 0.2) is 33.7 Å². The van der Waals surface area contributed by atoms with Crippen LogP contribution in [0.4, 0.5) is 0 Å². The molecular formula is C19H22N4O8S. The molecule has 1 unspecified atom stereocenters. The molecule has 32 heavy (non-hydrogen) atoms. The van der Waals surface area contributed by atoms with E-state index in [-0.39, 0.29) is 48.5 Å². The van der Waals surface area contributed by atoms with Crippen LogP contribution in [-0.2, 0) is 32.6 Å². The minimum atomic E-state index is -3.87. The minimum absolute atomic E-state index is 0.0617. The second-order valence-electron chi connectivity index (χ2n) is 7.06. The Kier molecular flexibility index (Phi) is 6.79. The number of hydrogen-bond donors (Lipinski definition) is 3. The molecule has 13 heteroatoms. The van der Waals surface area contributed by atoms with Crippen molar-refractivity contribution in [3.63, 3.8) is 0 Å². The molecule has 0 spiro atoms. The predicted molar refractivity (Wildman–Crippen MR) is 108 cm³/mol. The fourth-order valence-electron chi connectivity index (χ4n) is 3.24. The highest BCUT2D eigenvalue weighted by atomic mass is 32.2. The third-order valence-corrected chi connectivity index (χ3v) is 6.86. The van der Waals surface area contributed by atoms with Crippen molar-refractivity contribution in [3.8, 4) is 5.75 Å². The lowest BCUT2D eigenvalue weighted by Gasteiger charge is -2.25. The fraction of sp³-hybridized carbons (Fsp3) is 0.368. The summed E-state index contributed by atoms with van der Waals surface area (Å²) < 4.78 is 37.5. The zero-order chi connectivity index (χ0) is 23.5. The number of carbonyl (C=O) groups excluding carboxylic acids is 2. The van der Waals surface area contributed by atoms with E-state index in [2.05, 4.69) is 10.5 Å². The van der Waals surface area contributed by atoms with Gasteiger partial charge in [-0.05, 0) is 30.7 Å². The Balaban J connectivity index is 1.79. The maximum atomic E-state index is 13.0. The van der Waals surface area contributed by atoms with E-state index < -0.39 is 33.8 Å². The summed E-state index contributed by atoms with van der Waals surface area (Å²) in [4.78, 5) is 35.0. The van der Waals surface area contributed by atoms with Gasteiger partial charge in [0.25, 0.3) is 5.91 Å². The molecule has 0 fully saturated rings. The van der Waals surface area contributed by atoms with Gasteiger partial charge in [-0.3, -0.25) is 14.4 Å². The molecule has 1 aromatic heterocycles. The van der Waals surface area contributed by atoms with E-state index in [1.54, 1.807) is 0 Å². The van der Waals surface area contributed by atoms with Crippen LogP contribution in [0.1, 0.15) is 34.7 Å². The number of sulfonamides is 1. The van der Waals surface area contributed by atoms with Gasteiger partial charge in [0.2, 0.25) is 15.9 Å². The van der Waals surface area contributed by atoms with Crippen molar-refractivity contribution in [3.05, 3.63) is 41.3 Å². The highest BCUT2D eigenvalue weighted by Gasteiger charge is 2.34. The molecule has 12 nitrogen and oxygen atoms in total. The van der Waals surface area contributed by atoms with E-state index >= 15 is 0 Å². The second-order valence-corrected chi connectivity index (χ2v) is 9.00. The Morgan fingerprint density at radius 3 is 2.59 bits per heavy atom. The normalized spacial score (nSPS) is 14.9. The molecule has 3 rings (SSSR count). The first-order valence-electron chi connectivity index (χ1n) is 9.57. The van der Waals surface area contributed by atoms with Gasteiger partial charge in [0.1, 0.15) is 17.6 Å². The lowest BCUT2D eigenvalue weighted by Crippen LogP contribution is -2.45. The van der Waals surface area contributed by atoms with Crippen LogP contribution in [0.2, 0.25) is 0 Å². The summed E-state index contributed by atoms with van der Waals surface area (Å²) in [5.41, 5.74) is 5.33. The number of carbonyl (C=O) groups is 3. The molecule has 1 atom stereocenters. The number of nitrogens with one attached hydrogen (secondary N) is 1. The molecular weight excluding hydrogens is 444 g/mol. The third-order valence-electron chi connectivity index (χ3n) is 5.00. The number of carboxylic acids is 1. The number of aliphatic carboxylic acids is 1. The Morgan fingerprint density at radius 1 is 1.31 bits per heavy atom. The van der Waals surface area contributed by atoms with E-state index in [0.29, 0.717) is 11.5 Å². The number of methoxy groups -OCH3 is 1. The predicted octanol–water partition coefficient (Wildman–Crippen LogP) is -0.121. The summed E-state index contributed by atoms with van der Waals surface area (Å²) in [7, 11) is -2.40. The van der Waals surface area contributed by atoms with E-state index in [4.69, 9.17) is 20.1 Å². The van der Waals surface area contributed by atoms with Gasteiger partial charge in [0, 0.05) is 31.5 Å². The number of benzene rings is 1. The van der Waals surface area contributed by atoms with Crippen LogP contribution < -0.4 is 15.8 Å². The van der Waals surface area contributed by atoms with Crippen LogP contribution in [0.3, 0.4) is 0 Å². The minimum Gasteiger partial charge on any atom is -0.497 e. The van der Waals surface area contributed by atoms with Crippen LogP contribution in [0, 0.1) is 0 Å². The summed E-state index contributed by atoms with van der Waals surface area (Å²) in [6.45, 7) is -0.0353. The number of carboxylic acid groups (broad SMARTS) is 1. The number of rotatable bonds is 9. The quantitative estimate of drug-likeness (QED) is 0.453. The Bertz CT molecular complexity index is 1130. The average Bonchev–Trinajstić information content (AvgIpc) is 3.19. The van der Waals surface area contributed by atoms with E-state index in [1.807, 2.05) is 0 Å². The Labute approximate surface area is 183 Å². The van der Waals surface area contributed by atoms with Gasteiger partial charge in [-0.2, -0.15) is 4.31 Å². The lowest BCUT2D eigenvalue weighted by atomic mass is 10.1. The zero-order valence-electron chi connectivity index (χ0n) is 17.1. The van der Waals surface area contributed by atoms with Crippen molar-refractivity contribution < 1.29 is 37.2 Å². The van der Waals surface area contributed by atoms with Crippen LogP contribution in [0.5, 0.6) is 5.75 Å². The van der Waals surface area contributed by atoms with Crippen LogP contribution in [-0.4, -0.2) is 60.5 Å². The van der Waals surface area contributed by atoms with Gasteiger partial charge in [0.15, 0.2) is 5.69 Å². The molecule has 0 aliphatic carbocycles. The highest BCUT2D eigenvalue weighted by molar-refractivity contribution is 7.89. The molecule has 1 aliphatic heterocycles. The maximum absolute atomic E-state index is 13.0. The molecule has 2 heterocycles. The molecule has 0 radical (unpaired) electrons. The summed E-state index contributed by atoms with van der Waals surface area (Å²) in [5, 5.41) is 14.9. The van der Waals surface area contributed by atoms with Crippen molar-refractivity contribution in [2.45, 2.75) is 36.7 Å². The van der Waals surface area contributed by atoms with Crippen molar-refractivity contribution >= 4 is 27.8 Å². The Morgan fingerprint density at radius 2 is 2.00 bits per heavy atom. The van der Waals surface area contributed by atoms with Gasteiger partial charge in [-0.1, -0.05) is 5.16 Å². The van der Waals surface area contributed by atoms with Crippen LogP contribution in [0.25, 0.3) is 0 Å². The van der Waals surface area contributed by atoms with E-state index in [1.165, 1.54) is 35.7 Å². The van der Waals surface area contributed by atoms with Crippen LogP contribution >= 0.6 is 0 Å². The largest absolute Gasteiger partial charge is 0.497 e. The number of aromatic nitrogens is 1.